The summed E-state index contributed by atoms with van der Waals surface area (Å²) in [6.07, 6.45) is 9.07. The molecule has 5 rings (SSSR count). The molecule has 0 fully saturated rings. The maximum atomic E-state index is 6.42. The molecule has 3 aromatic rings. The minimum Gasteiger partial charge on any atom is -0.493 e. The largest absolute Gasteiger partial charge is 0.493 e. The molecule has 2 aliphatic heterocycles. The van der Waals surface area contributed by atoms with Crippen molar-refractivity contribution in [2.24, 2.45) is 5.10 Å². The molecule has 5 nitrogen and oxygen atoms in total. The SMILES string of the molecule is BrC1(c2ccc(-c3ccccc3)cc2OCCCOCc2ccccc2)CNN=C1N1C=CC=CC1. The third kappa shape index (κ3) is 5.55. The summed E-state index contributed by atoms with van der Waals surface area (Å²) in [4.78, 5) is 2.15. The van der Waals surface area contributed by atoms with Gasteiger partial charge < -0.3 is 19.8 Å². The Balaban J connectivity index is 1.33. The van der Waals surface area contributed by atoms with Gasteiger partial charge in [-0.2, -0.15) is 5.10 Å². The molecule has 0 aliphatic carbocycles. The summed E-state index contributed by atoms with van der Waals surface area (Å²) in [5.74, 6) is 1.77. The summed E-state index contributed by atoms with van der Waals surface area (Å²) in [6.45, 7) is 3.24. The van der Waals surface area contributed by atoms with Crippen LogP contribution in [0.25, 0.3) is 11.1 Å². The van der Waals surface area contributed by atoms with Crippen molar-refractivity contribution in [3.63, 3.8) is 0 Å². The average molecular weight is 544 g/mol. The second-order valence-electron chi connectivity index (χ2n) is 8.81. The fourth-order valence-electron chi connectivity index (χ4n) is 4.41. The van der Waals surface area contributed by atoms with Crippen molar-refractivity contribution >= 4 is 21.8 Å². The number of ether oxygens (including phenoxy) is 2. The lowest BCUT2D eigenvalue weighted by Gasteiger charge is -2.32. The van der Waals surface area contributed by atoms with E-state index in [1.54, 1.807) is 0 Å². The first kappa shape index (κ1) is 24.3. The normalized spacial score (nSPS) is 18.7. The summed E-state index contributed by atoms with van der Waals surface area (Å²) in [7, 11) is 0. The maximum absolute atomic E-state index is 6.42. The van der Waals surface area contributed by atoms with Gasteiger partial charge >= 0.3 is 0 Å². The molecule has 6 heteroatoms. The van der Waals surface area contributed by atoms with Crippen molar-refractivity contribution in [3.05, 3.63) is 114 Å². The van der Waals surface area contributed by atoms with Crippen LogP contribution in [0.3, 0.4) is 0 Å². The predicted octanol–water partition coefficient (Wildman–Crippen LogP) is 6.23. The first-order valence-electron chi connectivity index (χ1n) is 12.3. The van der Waals surface area contributed by atoms with Crippen LogP contribution >= 0.6 is 15.9 Å². The lowest BCUT2D eigenvalue weighted by molar-refractivity contribution is 0.107. The molecule has 1 N–H and O–H groups in total. The van der Waals surface area contributed by atoms with E-state index < -0.39 is 4.32 Å². The van der Waals surface area contributed by atoms with E-state index in [9.17, 15) is 0 Å². The molecule has 0 bridgehead atoms. The number of alkyl halides is 1. The molecule has 36 heavy (non-hydrogen) atoms. The van der Waals surface area contributed by atoms with Crippen LogP contribution in [-0.4, -0.2) is 37.0 Å². The Hall–Kier alpha value is -3.35. The van der Waals surface area contributed by atoms with Crippen LogP contribution < -0.4 is 10.2 Å². The van der Waals surface area contributed by atoms with Gasteiger partial charge in [-0.1, -0.05) is 101 Å². The molecular weight excluding hydrogens is 514 g/mol. The van der Waals surface area contributed by atoms with Crippen LogP contribution in [-0.2, 0) is 15.7 Å². The predicted molar refractivity (Wildman–Crippen MR) is 149 cm³/mol. The van der Waals surface area contributed by atoms with Gasteiger partial charge in [-0.25, -0.2) is 0 Å². The third-order valence-corrected chi connectivity index (χ3v) is 7.33. The number of hydrazone groups is 1. The number of benzene rings is 3. The Morgan fingerprint density at radius 2 is 1.72 bits per heavy atom. The van der Waals surface area contributed by atoms with Gasteiger partial charge in [-0.05, 0) is 28.8 Å². The summed E-state index contributed by atoms with van der Waals surface area (Å²) in [5, 5.41) is 4.65. The van der Waals surface area contributed by atoms with Gasteiger partial charge in [-0.15, -0.1) is 0 Å². The zero-order valence-electron chi connectivity index (χ0n) is 20.1. The van der Waals surface area contributed by atoms with Crippen LogP contribution in [0.2, 0.25) is 0 Å². The van der Waals surface area contributed by atoms with Crippen LogP contribution in [0.15, 0.2) is 108 Å². The van der Waals surface area contributed by atoms with Gasteiger partial charge in [0.15, 0.2) is 5.84 Å². The van der Waals surface area contributed by atoms with Gasteiger partial charge in [0.25, 0.3) is 0 Å². The number of allylic oxidation sites excluding steroid dienone is 2. The van der Waals surface area contributed by atoms with Gasteiger partial charge in [-0.3, -0.25) is 0 Å². The fourth-order valence-corrected chi connectivity index (χ4v) is 5.18. The van der Waals surface area contributed by atoms with E-state index in [1.165, 1.54) is 5.56 Å². The molecule has 3 aromatic carbocycles. The molecule has 184 valence electrons. The second-order valence-corrected chi connectivity index (χ2v) is 10.2. The summed E-state index contributed by atoms with van der Waals surface area (Å²) in [6, 6.07) is 27.1. The Morgan fingerprint density at radius 3 is 2.50 bits per heavy atom. The van der Waals surface area contributed by atoms with Gasteiger partial charge in [0.2, 0.25) is 0 Å². The van der Waals surface area contributed by atoms with Crippen molar-refractivity contribution in [1.29, 1.82) is 0 Å². The molecule has 2 heterocycles. The van der Waals surface area contributed by atoms with Crippen molar-refractivity contribution in [2.75, 3.05) is 26.3 Å². The van der Waals surface area contributed by atoms with E-state index in [-0.39, 0.29) is 0 Å². The number of nitrogens with zero attached hydrogens (tertiary/aromatic N) is 2. The third-order valence-electron chi connectivity index (χ3n) is 6.27. The fraction of sp³-hybridized carbons (Fsp3) is 0.233. The molecular formula is C30H30BrN3O2. The number of hydrogen-bond acceptors (Lipinski definition) is 5. The minimum atomic E-state index is -0.503. The Morgan fingerprint density at radius 1 is 0.917 bits per heavy atom. The average Bonchev–Trinajstić information content (AvgIpc) is 3.34. The maximum Gasteiger partial charge on any atom is 0.152 e. The molecule has 0 aromatic heterocycles. The first-order chi connectivity index (χ1) is 17.7. The Labute approximate surface area is 221 Å². The van der Waals surface area contributed by atoms with Crippen LogP contribution in [0.5, 0.6) is 5.75 Å². The van der Waals surface area contributed by atoms with Crippen LogP contribution in [0.4, 0.5) is 0 Å². The van der Waals surface area contributed by atoms with Crippen molar-refractivity contribution < 1.29 is 9.47 Å². The molecule has 0 spiro atoms. The van der Waals surface area contributed by atoms with E-state index in [4.69, 9.17) is 9.47 Å². The highest BCUT2D eigenvalue weighted by Crippen LogP contribution is 2.43. The topological polar surface area (TPSA) is 46.1 Å². The minimum absolute atomic E-state index is 0.503. The second kappa shape index (κ2) is 11.6. The number of rotatable bonds is 9. The monoisotopic (exact) mass is 543 g/mol. The van der Waals surface area contributed by atoms with E-state index in [0.29, 0.717) is 26.4 Å². The molecule has 0 amide bonds. The van der Waals surface area contributed by atoms with Gasteiger partial charge in [0.05, 0.1) is 26.4 Å². The smallest absolute Gasteiger partial charge is 0.152 e. The molecule has 2 aliphatic rings. The standard InChI is InChI=1S/C30H30BrN3O2/c31-30(23-32-33-29(30)34-17-8-3-9-18-34)27-16-15-26(25-13-6-2-7-14-25)21-28(27)36-20-10-19-35-22-24-11-4-1-5-12-24/h1-9,11-17,21,32H,10,18-20,22-23H2. The number of hydrogen-bond donors (Lipinski definition) is 1. The van der Waals surface area contributed by atoms with Gasteiger partial charge in [0.1, 0.15) is 10.1 Å². The molecule has 0 saturated carbocycles. The van der Waals surface area contributed by atoms with Crippen LogP contribution in [0.1, 0.15) is 17.5 Å². The van der Waals surface area contributed by atoms with Gasteiger partial charge in [0, 0.05) is 24.7 Å². The highest BCUT2D eigenvalue weighted by Gasteiger charge is 2.43. The highest BCUT2D eigenvalue weighted by molar-refractivity contribution is 9.10. The van der Waals surface area contributed by atoms with E-state index in [0.717, 1.165) is 41.2 Å². The van der Waals surface area contributed by atoms with E-state index >= 15 is 0 Å². The van der Waals surface area contributed by atoms with Crippen molar-refractivity contribution in [2.45, 2.75) is 17.4 Å². The Kier molecular flexibility index (Phi) is 7.84. The Bertz CT molecular complexity index is 1240. The van der Waals surface area contributed by atoms with E-state index in [2.05, 4.69) is 104 Å². The quantitative estimate of drug-likeness (QED) is 0.256. The number of amidine groups is 1. The van der Waals surface area contributed by atoms with E-state index in [1.807, 2.05) is 30.3 Å². The molecule has 0 saturated heterocycles. The first-order valence-corrected chi connectivity index (χ1v) is 13.1. The summed E-state index contributed by atoms with van der Waals surface area (Å²) < 4.78 is 11.8. The summed E-state index contributed by atoms with van der Waals surface area (Å²) >= 11 is 4.05. The van der Waals surface area contributed by atoms with Crippen molar-refractivity contribution in [3.8, 4) is 16.9 Å². The summed E-state index contributed by atoms with van der Waals surface area (Å²) in [5.41, 5.74) is 7.71. The molecule has 1 atom stereocenters. The zero-order chi connectivity index (χ0) is 24.6. The molecule has 0 radical (unpaired) electrons. The zero-order valence-corrected chi connectivity index (χ0v) is 21.7. The lowest BCUT2D eigenvalue weighted by atomic mass is 9.93. The van der Waals surface area contributed by atoms with Crippen LogP contribution in [0, 0.1) is 0 Å². The number of halogens is 1. The van der Waals surface area contributed by atoms with Crippen molar-refractivity contribution in [1.82, 2.24) is 10.3 Å². The lowest BCUT2D eigenvalue weighted by Crippen LogP contribution is -2.41. The highest BCUT2D eigenvalue weighted by atomic mass is 79.9. The number of nitrogens with one attached hydrogen (secondary N) is 1. The molecule has 1 unspecified atom stereocenters.